The predicted octanol–water partition coefficient (Wildman–Crippen LogP) is 4.03. The van der Waals surface area contributed by atoms with E-state index in [0.29, 0.717) is 23.9 Å². The quantitative estimate of drug-likeness (QED) is 0.823. The highest BCUT2D eigenvalue weighted by Gasteiger charge is 2.34. The van der Waals surface area contributed by atoms with Gasteiger partial charge in [0.15, 0.2) is 0 Å². The Balaban J connectivity index is 2.02. The molecule has 0 heterocycles. The van der Waals surface area contributed by atoms with Gasteiger partial charge in [0.25, 0.3) is 0 Å². The monoisotopic (exact) mass is 271 g/mol. The van der Waals surface area contributed by atoms with Crippen LogP contribution >= 0.6 is 0 Å². The molecule has 1 aromatic carbocycles. The maximum absolute atomic E-state index is 12.9. The van der Waals surface area contributed by atoms with Gasteiger partial charge in [0.1, 0.15) is 0 Å². The zero-order chi connectivity index (χ0) is 13.9. The lowest BCUT2D eigenvalue weighted by atomic mass is 9.98. The Labute approximate surface area is 112 Å². The fourth-order valence-electron chi connectivity index (χ4n) is 2.59. The van der Waals surface area contributed by atoms with Crippen molar-refractivity contribution in [3.8, 4) is 0 Å². The second-order valence-electron chi connectivity index (χ2n) is 5.20. The number of rotatable bonds is 6. The van der Waals surface area contributed by atoms with E-state index < -0.39 is 11.7 Å². The molecule has 0 saturated heterocycles. The van der Waals surface area contributed by atoms with E-state index in [9.17, 15) is 13.2 Å². The molecule has 2 rings (SSSR count). The molecule has 0 aromatic heterocycles. The molecule has 1 aliphatic rings. The van der Waals surface area contributed by atoms with Crippen LogP contribution in [0.1, 0.15) is 37.3 Å². The largest absolute Gasteiger partial charge is 0.416 e. The van der Waals surface area contributed by atoms with Crippen LogP contribution in [0.2, 0.25) is 0 Å². The van der Waals surface area contributed by atoms with Crippen molar-refractivity contribution < 1.29 is 13.2 Å². The van der Waals surface area contributed by atoms with Gasteiger partial charge in [-0.15, -0.1) is 0 Å². The lowest BCUT2D eigenvalue weighted by Crippen LogP contribution is -2.31. The molecule has 1 fully saturated rings. The third-order valence-corrected chi connectivity index (χ3v) is 3.70. The summed E-state index contributed by atoms with van der Waals surface area (Å²) in [6.45, 7) is 2.92. The second kappa shape index (κ2) is 5.95. The zero-order valence-electron chi connectivity index (χ0n) is 11.1. The fourth-order valence-corrected chi connectivity index (χ4v) is 2.59. The summed E-state index contributed by atoms with van der Waals surface area (Å²) in [4.78, 5) is 0. The average molecular weight is 271 g/mol. The van der Waals surface area contributed by atoms with Crippen LogP contribution in [0.3, 0.4) is 0 Å². The summed E-state index contributed by atoms with van der Waals surface area (Å²) in [5.41, 5.74) is -0.0698. The summed E-state index contributed by atoms with van der Waals surface area (Å²) < 4.78 is 38.6. The van der Waals surface area contributed by atoms with Gasteiger partial charge in [0.2, 0.25) is 0 Å². The van der Waals surface area contributed by atoms with E-state index in [4.69, 9.17) is 0 Å². The van der Waals surface area contributed by atoms with Crippen LogP contribution < -0.4 is 5.32 Å². The molecule has 1 aliphatic carbocycles. The topological polar surface area (TPSA) is 12.0 Å². The summed E-state index contributed by atoms with van der Waals surface area (Å²) in [5.74, 6) is 0.665. The van der Waals surface area contributed by atoms with E-state index in [0.717, 1.165) is 13.0 Å². The smallest absolute Gasteiger partial charge is 0.314 e. The third kappa shape index (κ3) is 3.96. The number of nitrogens with one attached hydrogen (secondary N) is 1. The zero-order valence-corrected chi connectivity index (χ0v) is 11.1. The predicted molar refractivity (Wildman–Crippen MR) is 70.0 cm³/mol. The first kappa shape index (κ1) is 14.4. The summed E-state index contributed by atoms with van der Waals surface area (Å²) >= 11 is 0. The lowest BCUT2D eigenvalue weighted by molar-refractivity contribution is -0.138. The molecule has 1 unspecified atom stereocenters. The van der Waals surface area contributed by atoms with E-state index in [-0.39, 0.29) is 0 Å². The number of hydrogen-bond donors (Lipinski definition) is 1. The van der Waals surface area contributed by atoms with Crippen molar-refractivity contribution in [3.63, 3.8) is 0 Å². The second-order valence-corrected chi connectivity index (χ2v) is 5.20. The molecular formula is C15H20F3N. The van der Waals surface area contributed by atoms with Gasteiger partial charge in [-0.2, -0.15) is 13.2 Å². The Morgan fingerprint density at radius 2 is 1.95 bits per heavy atom. The molecule has 1 aromatic rings. The highest BCUT2D eigenvalue weighted by Crippen LogP contribution is 2.36. The van der Waals surface area contributed by atoms with E-state index in [1.807, 2.05) is 6.92 Å². The summed E-state index contributed by atoms with van der Waals surface area (Å²) in [6, 6.07) is 6.28. The van der Waals surface area contributed by atoms with Gasteiger partial charge in [-0.25, -0.2) is 0 Å². The molecule has 1 N–H and O–H groups in total. The van der Waals surface area contributed by atoms with E-state index in [1.165, 1.54) is 25.0 Å². The third-order valence-electron chi connectivity index (χ3n) is 3.70. The molecular weight excluding hydrogens is 251 g/mol. The van der Waals surface area contributed by atoms with E-state index >= 15 is 0 Å². The molecule has 0 spiro atoms. The number of alkyl halides is 3. The SMILES string of the molecule is CCNC(CCc1ccccc1C(F)(F)F)C1CC1. The number of halogens is 3. The van der Waals surface area contributed by atoms with Crippen LogP contribution in [0.25, 0.3) is 0 Å². The molecule has 1 atom stereocenters. The van der Waals surface area contributed by atoms with Gasteiger partial charge in [0, 0.05) is 6.04 Å². The number of hydrogen-bond acceptors (Lipinski definition) is 1. The van der Waals surface area contributed by atoms with Crippen molar-refractivity contribution in [2.75, 3.05) is 6.54 Å². The Bertz CT molecular complexity index is 410. The highest BCUT2D eigenvalue weighted by atomic mass is 19.4. The molecule has 0 aliphatic heterocycles. The number of benzene rings is 1. The Hall–Kier alpha value is -1.03. The van der Waals surface area contributed by atoms with Crippen LogP contribution in [0.5, 0.6) is 0 Å². The molecule has 1 nitrogen and oxygen atoms in total. The minimum atomic E-state index is -4.25. The van der Waals surface area contributed by atoms with Crippen LogP contribution in [0, 0.1) is 5.92 Å². The van der Waals surface area contributed by atoms with Gasteiger partial charge in [-0.3, -0.25) is 0 Å². The van der Waals surface area contributed by atoms with Gasteiger partial charge in [0.05, 0.1) is 5.56 Å². The first-order valence-electron chi connectivity index (χ1n) is 6.91. The maximum atomic E-state index is 12.9. The van der Waals surface area contributed by atoms with Gasteiger partial charge in [-0.05, 0) is 49.8 Å². The normalized spacial score (nSPS) is 17.5. The van der Waals surface area contributed by atoms with E-state index in [1.54, 1.807) is 12.1 Å². The van der Waals surface area contributed by atoms with E-state index in [2.05, 4.69) is 5.32 Å². The van der Waals surface area contributed by atoms with Gasteiger partial charge >= 0.3 is 6.18 Å². The fraction of sp³-hybridized carbons (Fsp3) is 0.600. The van der Waals surface area contributed by atoms with Crippen molar-refractivity contribution in [3.05, 3.63) is 35.4 Å². The molecule has 0 bridgehead atoms. The van der Waals surface area contributed by atoms with Gasteiger partial charge < -0.3 is 5.32 Å². The van der Waals surface area contributed by atoms with Crippen molar-refractivity contribution in [1.29, 1.82) is 0 Å². The molecule has 106 valence electrons. The van der Waals surface area contributed by atoms with Crippen LogP contribution in [0.4, 0.5) is 13.2 Å². The molecule has 19 heavy (non-hydrogen) atoms. The Morgan fingerprint density at radius 3 is 2.53 bits per heavy atom. The highest BCUT2D eigenvalue weighted by molar-refractivity contribution is 5.29. The Morgan fingerprint density at radius 1 is 1.26 bits per heavy atom. The molecule has 0 radical (unpaired) electrons. The standard InChI is InChI=1S/C15H20F3N/c1-2-19-14(12-7-8-12)10-9-11-5-3-4-6-13(11)15(16,17)18/h3-6,12,14,19H,2,7-10H2,1H3. The van der Waals surface area contributed by atoms with Crippen molar-refractivity contribution in [2.45, 2.75) is 44.8 Å². The van der Waals surface area contributed by atoms with Crippen LogP contribution in [0.15, 0.2) is 24.3 Å². The minimum Gasteiger partial charge on any atom is -0.314 e. The summed E-state index contributed by atoms with van der Waals surface area (Å²) in [6.07, 6.45) is -0.559. The first-order chi connectivity index (χ1) is 9.02. The molecule has 1 saturated carbocycles. The number of aryl methyl sites for hydroxylation is 1. The van der Waals surface area contributed by atoms with Crippen LogP contribution in [-0.4, -0.2) is 12.6 Å². The van der Waals surface area contributed by atoms with Crippen molar-refractivity contribution >= 4 is 0 Å². The molecule has 0 amide bonds. The average Bonchev–Trinajstić information content (AvgIpc) is 3.18. The van der Waals surface area contributed by atoms with Gasteiger partial charge in [-0.1, -0.05) is 25.1 Å². The molecule has 4 heteroatoms. The van der Waals surface area contributed by atoms with Crippen LogP contribution in [-0.2, 0) is 12.6 Å². The summed E-state index contributed by atoms with van der Waals surface area (Å²) in [5, 5.41) is 3.39. The minimum absolute atomic E-state index is 0.367. The van der Waals surface area contributed by atoms with Crippen molar-refractivity contribution in [1.82, 2.24) is 5.32 Å². The summed E-state index contributed by atoms with van der Waals surface area (Å²) in [7, 11) is 0. The maximum Gasteiger partial charge on any atom is 0.416 e. The lowest BCUT2D eigenvalue weighted by Gasteiger charge is -2.18. The van der Waals surface area contributed by atoms with Crippen molar-refractivity contribution in [2.24, 2.45) is 5.92 Å². The first-order valence-corrected chi connectivity index (χ1v) is 6.91. The Kier molecular flexibility index (Phi) is 4.50.